The monoisotopic (exact) mass is 325 g/mol. The molecule has 0 bridgehead atoms. The first-order valence-corrected chi connectivity index (χ1v) is 8.75. The zero-order chi connectivity index (χ0) is 16.5. The lowest BCUT2D eigenvalue weighted by Crippen LogP contribution is -2.42. The molecule has 5 nitrogen and oxygen atoms in total. The van der Waals surface area contributed by atoms with Crippen LogP contribution in [0.4, 0.5) is 0 Å². The molecule has 1 aromatic carbocycles. The van der Waals surface area contributed by atoms with Crippen molar-refractivity contribution < 1.29 is 9.90 Å². The number of benzene rings is 1. The van der Waals surface area contributed by atoms with Gasteiger partial charge in [0.1, 0.15) is 6.54 Å². The summed E-state index contributed by atoms with van der Waals surface area (Å²) in [6.45, 7) is 2.13. The first kappa shape index (κ1) is 15.4. The Bertz CT molecular complexity index is 715. The molecule has 0 amide bonds. The van der Waals surface area contributed by atoms with Crippen LogP contribution in [0.15, 0.2) is 36.5 Å². The molecule has 2 heterocycles. The van der Waals surface area contributed by atoms with Crippen molar-refractivity contribution in [2.45, 2.75) is 44.2 Å². The van der Waals surface area contributed by atoms with E-state index in [4.69, 9.17) is 5.11 Å². The fourth-order valence-electron chi connectivity index (χ4n) is 4.20. The smallest absolute Gasteiger partial charge is 0.325 e. The van der Waals surface area contributed by atoms with Gasteiger partial charge in [0.2, 0.25) is 0 Å². The maximum absolute atomic E-state index is 10.8. The highest BCUT2D eigenvalue weighted by atomic mass is 16.4. The number of carboxylic acid groups (broad SMARTS) is 1. The summed E-state index contributed by atoms with van der Waals surface area (Å²) in [5.74, 6) is -0.434. The van der Waals surface area contributed by atoms with Crippen molar-refractivity contribution in [1.82, 2.24) is 14.7 Å². The van der Waals surface area contributed by atoms with Gasteiger partial charge in [0, 0.05) is 24.7 Å². The molecule has 1 fully saturated rings. The summed E-state index contributed by atoms with van der Waals surface area (Å²) in [6.07, 6.45) is 6.41. The predicted octanol–water partition coefficient (Wildman–Crippen LogP) is 2.31. The fourth-order valence-corrected chi connectivity index (χ4v) is 4.20. The van der Waals surface area contributed by atoms with Gasteiger partial charge in [0.15, 0.2) is 0 Å². The molecule has 4 rings (SSSR count). The van der Waals surface area contributed by atoms with E-state index < -0.39 is 5.97 Å². The average molecular weight is 325 g/mol. The summed E-state index contributed by atoms with van der Waals surface area (Å²) >= 11 is 0. The van der Waals surface area contributed by atoms with E-state index in [1.807, 2.05) is 6.07 Å². The molecule has 0 radical (unpaired) electrons. The molecule has 126 valence electrons. The van der Waals surface area contributed by atoms with Crippen LogP contribution < -0.4 is 0 Å². The summed E-state index contributed by atoms with van der Waals surface area (Å²) in [6, 6.07) is 11.4. The van der Waals surface area contributed by atoms with Gasteiger partial charge in [-0.25, -0.2) is 0 Å². The highest BCUT2D eigenvalue weighted by Crippen LogP contribution is 2.31. The second-order valence-electron chi connectivity index (χ2n) is 7.00. The summed E-state index contributed by atoms with van der Waals surface area (Å²) in [4.78, 5) is 13.4. The van der Waals surface area contributed by atoms with Gasteiger partial charge in [-0.2, -0.15) is 5.10 Å². The Hall–Kier alpha value is -2.14. The zero-order valence-corrected chi connectivity index (χ0v) is 13.8. The molecule has 24 heavy (non-hydrogen) atoms. The largest absolute Gasteiger partial charge is 0.480 e. The van der Waals surface area contributed by atoms with Crippen molar-refractivity contribution in [2.75, 3.05) is 13.1 Å². The number of aromatic nitrogens is 2. The lowest BCUT2D eigenvalue weighted by Gasteiger charge is -2.36. The van der Waals surface area contributed by atoms with Crippen molar-refractivity contribution in [1.29, 1.82) is 0 Å². The first-order chi connectivity index (χ1) is 11.7. The molecular weight excluding hydrogens is 302 g/mol. The highest BCUT2D eigenvalue weighted by molar-refractivity contribution is 5.66. The lowest BCUT2D eigenvalue weighted by molar-refractivity contribution is -0.137. The number of aliphatic carboxylic acids is 1. The molecule has 1 atom stereocenters. The molecular formula is C19H23N3O2. The summed E-state index contributed by atoms with van der Waals surface area (Å²) < 4.78 is 1.53. The summed E-state index contributed by atoms with van der Waals surface area (Å²) in [7, 11) is 0. The van der Waals surface area contributed by atoms with Crippen LogP contribution in [0, 0.1) is 0 Å². The second-order valence-corrected chi connectivity index (χ2v) is 7.00. The Morgan fingerprint density at radius 3 is 2.67 bits per heavy atom. The molecule has 1 aliphatic heterocycles. The van der Waals surface area contributed by atoms with Gasteiger partial charge < -0.3 is 5.11 Å². The van der Waals surface area contributed by atoms with Gasteiger partial charge in [0.05, 0.1) is 5.69 Å². The van der Waals surface area contributed by atoms with Gasteiger partial charge >= 0.3 is 5.97 Å². The van der Waals surface area contributed by atoms with E-state index in [0.29, 0.717) is 12.0 Å². The standard InChI is InChI=1S/C19H23N3O2/c23-19(24)13-22-9-7-18(20-22)16-6-3-8-21(12-16)17-10-14-4-1-2-5-15(14)11-17/h1-2,4-5,7,9,16-17H,3,6,8,10-13H2,(H,23,24)/t16-/m0/s1. The number of carbonyl (C=O) groups is 1. The zero-order valence-electron chi connectivity index (χ0n) is 13.8. The number of hydrogen-bond donors (Lipinski definition) is 1. The third kappa shape index (κ3) is 3.08. The molecule has 1 N–H and O–H groups in total. The van der Waals surface area contributed by atoms with Crippen LogP contribution >= 0.6 is 0 Å². The fraction of sp³-hybridized carbons (Fsp3) is 0.474. The summed E-state index contributed by atoms with van der Waals surface area (Å²) in [5, 5.41) is 13.4. The van der Waals surface area contributed by atoms with Crippen molar-refractivity contribution in [3.63, 3.8) is 0 Å². The van der Waals surface area contributed by atoms with Crippen molar-refractivity contribution in [2.24, 2.45) is 0 Å². The van der Waals surface area contributed by atoms with Crippen molar-refractivity contribution >= 4 is 5.97 Å². The Morgan fingerprint density at radius 1 is 1.21 bits per heavy atom. The van der Waals surface area contributed by atoms with Crippen LogP contribution in [0.5, 0.6) is 0 Å². The topological polar surface area (TPSA) is 58.4 Å². The van der Waals surface area contributed by atoms with Crippen LogP contribution in [0.1, 0.15) is 35.6 Å². The van der Waals surface area contributed by atoms with Gasteiger partial charge in [0.25, 0.3) is 0 Å². The van der Waals surface area contributed by atoms with E-state index >= 15 is 0 Å². The number of carboxylic acids is 1. The molecule has 0 saturated carbocycles. The number of hydrogen-bond acceptors (Lipinski definition) is 3. The SMILES string of the molecule is O=C(O)Cn1ccc([C@H]2CCCN(C3Cc4ccccc4C3)C2)n1. The van der Waals surface area contributed by atoms with Gasteiger partial charge in [-0.3, -0.25) is 14.4 Å². The van der Waals surface area contributed by atoms with E-state index in [9.17, 15) is 4.79 Å². The maximum Gasteiger partial charge on any atom is 0.325 e. The third-order valence-corrected chi connectivity index (χ3v) is 5.38. The minimum Gasteiger partial charge on any atom is -0.480 e. The van der Waals surface area contributed by atoms with E-state index in [0.717, 1.165) is 38.0 Å². The number of rotatable bonds is 4. The summed E-state index contributed by atoms with van der Waals surface area (Å²) in [5.41, 5.74) is 4.03. The Labute approximate surface area is 141 Å². The normalized spacial score (nSPS) is 21.8. The Morgan fingerprint density at radius 2 is 1.96 bits per heavy atom. The number of likely N-dealkylation sites (tertiary alicyclic amines) is 1. The molecule has 0 spiro atoms. The first-order valence-electron chi connectivity index (χ1n) is 8.75. The Balaban J connectivity index is 1.43. The van der Waals surface area contributed by atoms with E-state index in [-0.39, 0.29) is 6.54 Å². The minimum atomic E-state index is -0.848. The van der Waals surface area contributed by atoms with Crippen LogP contribution in [0.25, 0.3) is 0 Å². The van der Waals surface area contributed by atoms with Gasteiger partial charge in [-0.05, 0) is 49.4 Å². The van der Waals surface area contributed by atoms with Crippen LogP contribution in [0.3, 0.4) is 0 Å². The Kier molecular flexibility index (Phi) is 4.10. The van der Waals surface area contributed by atoms with Gasteiger partial charge in [-0.1, -0.05) is 24.3 Å². The van der Waals surface area contributed by atoms with E-state index in [1.54, 1.807) is 6.20 Å². The molecule has 0 unspecified atom stereocenters. The van der Waals surface area contributed by atoms with E-state index in [1.165, 1.54) is 22.2 Å². The number of piperidine rings is 1. The molecule has 1 aromatic heterocycles. The molecule has 1 aliphatic carbocycles. The average Bonchev–Trinajstić information content (AvgIpc) is 3.21. The maximum atomic E-state index is 10.8. The molecule has 2 aliphatic rings. The quantitative estimate of drug-likeness (QED) is 0.937. The predicted molar refractivity (Wildman–Crippen MR) is 91.0 cm³/mol. The second kappa shape index (κ2) is 6.40. The molecule has 1 saturated heterocycles. The highest BCUT2D eigenvalue weighted by Gasteiger charge is 2.31. The van der Waals surface area contributed by atoms with Crippen molar-refractivity contribution in [3.8, 4) is 0 Å². The van der Waals surface area contributed by atoms with Gasteiger partial charge in [-0.15, -0.1) is 0 Å². The minimum absolute atomic E-state index is 0.0611. The van der Waals surface area contributed by atoms with E-state index in [2.05, 4.69) is 34.3 Å². The molecule has 5 heteroatoms. The van der Waals surface area contributed by atoms with Crippen LogP contribution in [0.2, 0.25) is 0 Å². The third-order valence-electron chi connectivity index (χ3n) is 5.38. The van der Waals surface area contributed by atoms with Crippen molar-refractivity contribution in [3.05, 3.63) is 53.3 Å². The lowest BCUT2D eigenvalue weighted by atomic mass is 9.93. The van der Waals surface area contributed by atoms with Crippen LogP contribution in [-0.2, 0) is 24.2 Å². The van der Waals surface area contributed by atoms with Crippen LogP contribution in [-0.4, -0.2) is 44.9 Å². The number of nitrogens with zero attached hydrogens (tertiary/aromatic N) is 3. The molecule has 2 aromatic rings. The number of fused-ring (bicyclic) bond motifs is 1.